The molecule has 1 amide bonds. The molecule has 0 radical (unpaired) electrons. The Kier molecular flexibility index (Phi) is 4.96. The predicted octanol–water partition coefficient (Wildman–Crippen LogP) is 4.33. The molecule has 4 rings (SSSR count). The number of benzene rings is 3. The van der Waals surface area contributed by atoms with Crippen molar-refractivity contribution >= 4 is 23.3 Å². The molecule has 0 bridgehead atoms. The molecule has 1 unspecified atom stereocenters. The molecule has 3 aromatic carbocycles. The third kappa shape index (κ3) is 3.80. The van der Waals surface area contributed by atoms with Crippen LogP contribution >= 0.6 is 0 Å². The van der Waals surface area contributed by atoms with Gasteiger partial charge < -0.3 is 10.1 Å². The summed E-state index contributed by atoms with van der Waals surface area (Å²) >= 11 is 0. The summed E-state index contributed by atoms with van der Waals surface area (Å²) in [5.41, 5.74) is 3.95. The minimum Gasteiger partial charge on any atom is -0.457 e. The van der Waals surface area contributed by atoms with Crippen LogP contribution in [-0.4, -0.2) is 17.7 Å². The van der Waals surface area contributed by atoms with Crippen LogP contribution in [0.5, 0.6) is 0 Å². The molecule has 1 aliphatic heterocycles. The van der Waals surface area contributed by atoms with Crippen LogP contribution in [0.4, 0.5) is 5.69 Å². The fraction of sp³-hybridized carbons (Fsp3) is 0.125. The van der Waals surface area contributed by atoms with E-state index in [0.717, 1.165) is 11.1 Å². The van der Waals surface area contributed by atoms with Gasteiger partial charge in [0.1, 0.15) is 6.61 Å². The highest BCUT2D eigenvalue weighted by molar-refractivity contribution is 6.09. The second-order valence-electron chi connectivity index (χ2n) is 6.98. The van der Waals surface area contributed by atoms with Gasteiger partial charge in [0.05, 0.1) is 11.5 Å². The first kappa shape index (κ1) is 18.6. The number of cyclic esters (lactones) is 1. The smallest absolute Gasteiger partial charge is 0.338 e. The second-order valence-corrected chi connectivity index (χ2v) is 6.98. The predicted molar refractivity (Wildman–Crippen MR) is 109 cm³/mol. The van der Waals surface area contributed by atoms with E-state index in [-0.39, 0.29) is 24.3 Å². The van der Waals surface area contributed by atoms with Crippen LogP contribution in [-0.2, 0) is 16.1 Å². The first-order valence-corrected chi connectivity index (χ1v) is 9.33. The monoisotopic (exact) mass is 385 g/mol. The second kappa shape index (κ2) is 7.72. The van der Waals surface area contributed by atoms with Crippen molar-refractivity contribution in [1.82, 2.24) is 0 Å². The van der Waals surface area contributed by atoms with Gasteiger partial charge in [0.25, 0.3) is 0 Å². The number of ether oxygens (including phenoxy) is 1. The lowest BCUT2D eigenvalue weighted by atomic mass is 9.96. The van der Waals surface area contributed by atoms with E-state index in [4.69, 9.17) is 4.74 Å². The summed E-state index contributed by atoms with van der Waals surface area (Å²) in [6.45, 7) is 2.04. The van der Waals surface area contributed by atoms with Crippen LogP contribution in [0.2, 0.25) is 0 Å². The highest BCUT2D eigenvalue weighted by Crippen LogP contribution is 2.25. The van der Waals surface area contributed by atoms with Crippen molar-refractivity contribution in [2.24, 2.45) is 0 Å². The Labute approximate surface area is 168 Å². The maximum Gasteiger partial charge on any atom is 0.338 e. The molecule has 29 heavy (non-hydrogen) atoms. The first-order chi connectivity index (χ1) is 14.0. The van der Waals surface area contributed by atoms with Gasteiger partial charge in [-0.05, 0) is 30.7 Å². The third-order valence-electron chi connectivity index (χ3n) is 5.05. The van der Waals surface area contributed by atoms with Gasteiger partial charge in [0.2, 0.25) is 5.91 Å². The number of rotatable bonds is 5. The topological polar surface area (TPSA) is 72.5 Å². The molecule has 0 saturated heterocycles. The minimum atomic E-state index is -0.401. The van der Waals surface area contributed by atoms with Gasteiger partial charge in [-0.3, -0.25) is 9.59 Å². The molecule has 5 nitrogen and oxygen atoms in total. The van der Waals surface area contributed by atoms with E-state index in [0.29, 0.717) is 22.4 Å². The van der Waals surface area contributed by atoms with Crippen molar-refractivity contribution in [1.29, 1.82) is 0 Å². The normalized spacial score (nSPS) is 13.3. The summed E-state index contributed by atoms with van der Waals surface area (Å²) in [6.07, 6.45) is 0. The number of amides is 1. The molecule has 1 atom stereocenters. The van der Waals surface area contributed by atoms with Crippen LogP contribution in [0.25, 0.3) is 0 Å². The number of nitrogens with one attached hydrogen (secondary N) is 1. The average molecular weight is 385 g/mol. The number of carbonyl (C=O) groups excluding carboxylic acids is 3. The highest BCUT2D eigenvalue weighted by Gasteiger charge is 2.22. The maximum atomic E-state index is 12.6. The lowest BCUT2D eigenvalue weighted by Gasteiger charge is -2.13. The Balaban J connectivity index is 1.45. The lowest BCUT2D eigenvalue weighted by Crippen LogP contribution is -2.19. The molecule has 1 heterocycles. The number of fused-ring (bicyclic) bond motifs is 1. The van der Waals surface area contributed by atoms with Crippen LogP contribution in [0.3, 0.4) is 0 Å². The zero-order valence-electron chi connectivity index (χ0n) is 15.8. The number of anilines is 1. The van der Waals surface area contributed by atoms with Crippen LogP contribution in [0.15, 0.2) is 72.8 Å². The SMILES string of the molecule is CC(C(=O)Nc1ccc2c(c1)COC2=O)c1ccc(C(=O)c2ccccc2)cc1. The van der Waals surface area contributed by atoms with Gasteiger partial charge in [-0.1, -0.05) is 54.6 Å². The van der Waals surface area contributed by atoms with E-state index in [1.54, 1.807) is 54.6 Å². The quantitative estimate of drug-likeness (QED) is 0.524. The van der Waals surface area contributed by atoms with Gasteiger partial charge in [-0.25, -0.2) is 4.79 Å². The van der Waals surface area contributed by atoms with Crippen molar-refractivity contribution in [3.05, 3.63) is 101 Å². The molecular weight excluding hydrogens is 366 g/mol. The van der Waals surface area contributed by atoms with Crippen molar-refractivity contribution in [3.63, 3.8) is 0 Å². The van der Waals surface area contributed by atoms with Gasteiger partial charge >= 0.3 is 5.97 Å². The Morgan fingerprint density at radius 2 is 1.62 bits per heavy atom. The fourth-order valence-corrected chi connectivity index (χ4v) is 3.29. The molecule has 144 valence electrons. The molecule has 0 spiro atoms. The Bertz CT molecular complexity index is 1090. The summed E-state index contributed by atoms with van der Waals surface area (Å²) in [5, 5.41) is 2.88. The van der Waals surface area contributed by atoms with E-state index in [9.17, 15) is 14.4 Å². The number of esters is 1. The summed E-state index contributed by atoms with van der Waals surface area (Å²) in [4.78, 5) is 36.7. The van der Waals surface area contributed by atoms with Gasteiger partial charge in [0.15, 0.2) is 5.78 Å². The Hall–Kier alpha value is -3.73. The molecule has 0 aromatic heterocycles. The fourth-order valence-electron chi connectivity index (χ4n) is 3.29. The Morgan fingerprint density at radius 1 is 0.931 bits per heavy atom. The highest BCUT2D eigenvalue weighted by atomic mass is 16.5. The standard InChI is InChI=1S/C24H19NO4/c1-15(23(27)25-20-11-12-21-19(13-20)14-29-24(21)28)16-7-9-18(10-8-16)22(26)17-5-3-2-4-6-17/h2-13,15H,14H2,1H3,(H,25,27). The van der Waals surface area contributed by atoms with E-state index >= 15 is 0 Å². The van der Waals surface area contributed by atoms with Crippen LogP contribution in [0, 0.1) is 0 Å². The van der Waals surface area contributed by atoms with E-state index in [1.807, 2.05) is 25.1 Å². The molecule has 0 fully saturated rings. The molecule has 0 saturated carbocycles. The van der Waals surface area contributed by atoms with Gasteiger partial charge in [-0.15, -0.1) is 0 Å². The molecular formula is C24H19NO4. The summed E-state index contributed by atoms with van der Waals surface area (Å²) in [5.74, 6) is -0.958. The molecule has 1 aliphatic rings. The zero-order chi connectivity index (χ0) is 20.4. The average Bonchev–Trinajstić information content (AvgIpc) is 3.13. The maximum absolute atomic E-state index is 12.6. The number of ketones is 1. The molecule has 3 aromatic rings. The zero-order valence-corrected chi connectivity index (χ0v) is 15.8. The van der Waals surface area contributed by atoms with E-state index in [1.165, 1.54) is 0 Å². The third-order valence-corrected chi connectivity index (χ3v) is 5.05. The van der Waals surface area contributed by atoms with Crippen LogP contribution < -0.4 is 5.32 Å². The number of hydrogen-bond donors (Lipinski definition) is 1. The minimum absolute atomic E-state index is 0.0517. The van der Waals surface area contributed by atoms with Gasteiger partial charge in [0, 0.05) is 22.4 Å². The van der Waals surface area contributed by atoms with Gasteiger partial charge in [-0.2, -0.15) is 0 Å². The van der Waals surface area contributed by atoms with Crippen LogP contribution in [0.1, 0.15) is 50.2 Å². The number of hydrogen-bond acceptors (Lipinski definition) is 4. The van der Waals surface area contributed by atoms with Crippen molar-refractivity contribution in [2.45, 2.75) is 19.4 Å². The van der Waals surface area contributed by atoms with E-state index < -0.39 is 5.92 Å². The lowest BCUT2D eigenvalue weighted by molar-refractivity contribution is -0.117. The number of carbonyl (C=O) groups is 3. The molecule has 0 aliphatic carbocycles. The largest absolute Gasteiger partial charge is 0.457 e. The summed E-state index contributed by atoms with van der Waals surface area (Å²) < 4.78 is 4.98. The summed E-state index contributed by atoms with van der Waals surface area (Å²) in [6, 6.07) is 21.3. The van der Waals surface area contributed by atoms with Crippen molar-refractivity contribution in [2.75, 3.05) is 5.32 Å². The first-order valence-electron chi connectivity index (χ1n) is 9.33. The summed E-state index contributed by atoms with van der Waals surface area (Å²) in [7, 11) is 0. The van der Waals surface area contributed by atoms with Crippen molar-refractivity contribution in [3.8, 4) is 0 Å². The van der Waals surface area contributed by atoms with E-state index in [2.05, 4.69) is 5.32 Å². The molecule has 1 N–H and O–H groups in total. The Morgan fingerprint density at radius 3 is 2.34 bits per heavy atom. The van der Waals surface area contributed by atoms with Crippen molar-refractivity contribution < 1.29 is 19.1 Å². The molecule has 5 heteroatoms.